The summed E-state index contributed by atoms with van der Waals surface area (Å²) < 4.78 is 1.04. The van der Waals surface area contributed by atoms with E-state index in [1.807, 2.05) is 29.2 Å². The fraction of sp³-hybridized carbons (Fsp3) is 0.556. The summed E-state index contributed by atoms with van der Waals surface area (Å²) in [5.41, 5.74) is 0.864. The Morgan fingerprint density at radius 2 is 1.52 bits per heavy atom. The number of nitrogens with one attached hydrogen (secondary N) is 1. The molecule has 6 nitrogen and oxygen atoms in total. The Balaban J connectivity index is 1.39. The zero-order valence-electron chi connectivity index (χ0n) is 14.4. The van der Waals surface area contributed by atoms with Gasteiger partial charge >= 0.3 is 0 Å². The maximum absolute atomic E-state index is 12.2. The number of amides is 2. The van der Waals surface area contributed by atoms with Gasteiger partial charge in [-0.3, -0.25) is 19.4 Å². The summed E-state index contributed by atoms with van der Waals surface area (Å²) in [6, 6.07) is 7.78. The Labute approximate surface area is 162 Å². The molecule has 0 aromatic heterocycles. The molecule has 0 unspecified atom stereocenters. The largest absolute Gasteiger partial charge is 0.342 e. The van der Waals surface area contributed by atoms with E-state index in [0.717, 1.165) is 61.4 Å². The molecule has 0 radical (unpaired) electrons. The van der Waals surface area contributed by atoms with Crippen molar-refractivity contribution in [3.05, 3.63) is 27.8 Å². The first-order valence-corrected chi connectivity index (χ1v) is 9.96. The number of hydrogen-bond donors (Lipinski definition) is 1. The van der Waals surface area contributed by atoms with Crippen LogP contribution in [0.1, 0.15) is 12.8 Å². The minimum absolute atomic E-state index is 0.0192. The number of benzene rings is 1. The molecule has 0 saturated carbocycles. The molecule has 1 N–H and O–H groups in total. The number of para-hydroxylation sites is 1. The highest BCUT2D eigenvalue weighted by molar-refractivity contribution is 14.1. The Morgan fingerprint density at radius 1 is 0.920 bits per heavy atom. The first-order valence-electron chi connectivity index (χ1n) is 8.89. The predicted octanol–water partition coefficient (Wildman–Crippen LogP) is 1.47. The third-order valence-electron chi connectivity index (χ3n) is 4.80. The van der Waals surface area contributed by atoms with Gasteiger partial charge in [0.25, 0.3) is 0 Å². The van der Waals surface area contributed by atoms with Crippen molar-refractivity contribution in [3.8, 4) is 0 Å². The van der Waals surface area contributed by atoms with Crippen molar-refractivity contribution in [1.82, 2.24) is 14.7 Å². The lowest BCUT2D eigenvalue weighted by Crippen LogP contribution is -2.51. The van der Waals surface area contributed by atoms with Gasteiger partial charge in [0.2, 0.25) is 11.8 Å². The summed E-state index contributed by atoms with van der Waals surface area (Å²) in [5.74, 6) is 0.271. The summed E-state index contributed by atoms with van der Waals surface area (Å²) >= 11 is 2.22. The van der Waals surface area contributed by atoms with E-state index in [4.69, 9.17) is 0 Å². The van der Waals surface area contributed by atoms with Crippen molar-refractivity contribution in [3.63, 3.8) is 0 Å². The predicted molar refractivity (Wildman–Crippen MR) is 106 cm³/mol. The first-order chi connectivity index (χ1) is 12.1. The highest BCUT2D eigenvalue weighted by atomic mass is 127. The van der Waals surface area contributed by atoms with Gasteiger partial charge in [0.1, 0.15) is 0 Å². The van der Waals surface area contributed by atoms with Crippen LogP contribution in [0.2, 0.25) is 0 Å². The van der Waals surface area contributed by atoms with Crippen molar-refractivity contribution < 1.29 is 9.59 Å². The van der Waals surface area contributed by atoms with Gasteiger partial charge in [0, 0.05) is 42.8 Å². The highest BCUT2D eigenvalue weighted by Gasteiger charge is 2.24. The van der Waals surface area contributed by atoms with Crippen LogP contribution >= 0.6 is 22.6 Å². The van der Waals surface area contributed by atoms with E-state index in [0.29, 0.717) is 13.1 Å². The van der Waals surface area contributed by atoms with Gasteiger partial charge < -0.3 is 10.2 Å². The maximum atomic E-state index is 12.2. The minimum Gasteiger partial charge on any atom is -0.342 e. The fourth-order valence-corrected chi connectivity index (χ4v) is 3.84. The second-order valence-corrected chi connectivity index (χ2v) is 7.83. The van der Waals surface area contributed by atoms with Crippen molar-refractivity contribution in [2.24, 2.45) is 0 Å². The van der Waals surface area contributed by atoms with E-state index >= 15 is 0 Å². The standard InChI is InChI=1S/C18H25IN4O2/c19-15-5-1-2-6-16(15)20-17(24)13-21-9-11-22(12-10-21)14-18(25)23-7-3-4-8-23/h1-2,5-6H,3-4,7-14H2,(H,20,24). The molecule has 136 valence electrons. The molecule has 2 aliphatic rings. The average molecular weight is 456 g/mol. The average Bonchev–Trinajstić information content (AvgIpc) is 3.13. The molecule has 7 heteroatoms. The van der Waals surface area contributed by atoms with E-state index in [-0.39, 0.29) is 11.8 Å². The second-order valence-electron chi connectivity index (χ2n) is 6.67. The lowest BCUT2D eigenvalue weighted by Gasteiger charge is -2.34. The summed E-state index contributed by atoms with van der Waals surface area (Å²) in [4.78, 5) is 30.8. The molecule has 2 fully saturated rings. The van der Waals surface area contributed by atoms with E-state index < -0.39 is 0 Å². The van der Waals surface area contributed by atoms with Crippen LogP contribution in [0.25, 0.3) is 0 Å². The van der Waals surface area contributed by atoms with Crippen LogP contribution in [-0.4, -0.2) is 78.9 Å². The number of anilines is 1. The van der Waals surface area contributed by atoms with Gasteiger partial charge in [-0.2, -0.15) is 0 Å². The van der Waals surface area contributed by atoms with Crippen LogP contribution < -0.4 is 5.32 Å². The molecular weight excluding hydrogens is 431 g/mol. The number of carbonyl (C=O) groups excluding carboxylic acids is 2. The molecule has 2 heterocycles. The molecule has 0 spiro atoms. The molecule has 2 aliphatic heterocycles. The Bertz CT molecular complexity index is 611. The van der Waals surface area contributed by atoms with Crippen LogP contribution in [0.4, 0.5) is 5.69 Å². The summed E-state index contributed by atoms with van der Waals surface area (Å²) in [6.45, 7) is 6.08. The first kappa shape index (κ1) is 18.6. The molecule has 3 rings (SSSR count). The van der Waals surface area contributed by atoms with Gasteiger partial charge in [-0.1, -0.05) is 12.1 Å². The van der Waals surface area contributed by atoms with Crippen LogP contribution in [0, 0.1) is 3.57 Å². The van der Waals surface area contributed by atoms with E-state index in [1.165, 1.54) is 0 Å². The summed E-state index contributed by atoms with van der Waals surface area (Å²) in [5, 5.41) is 2.98. The van der Waals surface area contributed by atoms with Gasteiger partial charge in [0.15, 0.2) is 0 Å². The smallest absolute Gasteiger partial charge is 0.238 e. The van der Waals surface area contributed by atoms with Gasteiger partial charge in [-0.25, -0.2) is 0 Å². The van der Waals surface area contributed by atoms with Gasteiger partial charge in [0.05, 0.1) is 18.8 Å². The van der Waals surface area contributed by atoms with Crippen LogP contribution in [-0.2, 0) is 9.59 Å². The molecular formula is C18H25IN4O2. The lowest BCUT2D eigenvalue weighted by atomic mass is 10.3. The number of likely N-dealkylation sites (tertiary alicyclic amines) is 1. The third kappa shape index (κ3) is 5.39. The number of piperazine rings is 1. The molecule has 1 aromatic rings. The van der Waals surface area contributed by atoms with Gasteiger partial charge in [-0.15, -0.1) is 0 Å². The number of nitrogens with zero attached hydrogens (tertiary/aromatic N) is 3. The molecule has 0 bridgehead atoms. The molecule has 0 aliphatic carbocycles. The van der Waals surface area contributed by atoms with Gasteiger partial charge in [-0.05, 0) is 47.6 Å². The number of hydrogen-bond acceptors (Lipinski definition) is 4. The Hall–Kier alpha value is -1.19. The van der Waals surface area contributed by atoms with Crippen molar-refractivity contribution in [1.29, 1.82) is 0 Å². The van der Waals surface area contributed by atoms with Crippen molar-refractivity contribution in [2.45, 2.75) is 12.8 Å². The maximum Gasteiger partial charge on any atom is 0.238 e. The van der Waals surface area contributed by atoms with Crippen LogP contribution in [0.3, 0.4) is 0 Å². The second kappa shape index (κ2) is 8.95. The van der Waals surface area contributed by atoms with Crippen molar-refractivity contribution >= 4 is 40.1 Å². The molecule has 1 aromatic carbocycles. The normalized spacial score (nSPS) is 19.2. The monoisotopic (exact) mass is 456 g/mol. The van der Waals surface area contributed by atoms with E-state index in [9.17, 15) is 9.59 Å². The lowest BCUT2D eigenvalue weighted by molar-refractivity contribution is -0.132. The SMILES string of the molecule is O=C(CN1CCN(CC(=O)N2CCCC2)CC1)Nc1ccccc1I. The zero-order valence-corrected chi connectivity index (χ0v) is 16.6. The zero-order chi connectivity index (χ0) is 17.6. The Morgan fingerprint density at radius 3 is 2.16 bits per heavy atom. The van der Waals surface area contributed by atoms with E-state index in [1.54, 1.807) is 0 Å². The van der Waals surface area contributed by atoms with Crippen molar-refractivity contribution in [2.75, 3.05) is 57.7 Å². The topological polar surface area (TPSA) is 55.9 Å². The fourth-order valence-electron chi connectivity index (χ4n) is 3.32. The quantitative estimate of drug-likeness (QED) is 0.683. The number of carbonyl (C=O) groups is 2. The van der Waals surface area contributed by atoms with Crippen LogP contribution in [0.5, 0.6) is 0 Å². The molecule has 0 atom stereocenters. The van der Waals surface area contributed by atoms with Crippen LogP contribution in [0.15, 0.2) is 24.3 Å². The van der Waals surface area contributed by atoms with E-state index in [2.05, 4.69) is 37.7 Å². The minimum atomic E-state index is 0.0192. The summed E-state index contributed by atoms with van der Waals surface area (Å²) in [7, 11) is 0. The number of rotatable bonds is 5. The summed E-state index contributed by atoms with van der Waals surface area (Å²) in [6.07, 6.45) is 2.27. The Kier molecular flexibility index (Phi) is 6.66. The molecule has 25 heavy (non-hydrogen) atoms. The highest BCUT2D eigenvalue weighted by Crippen LogP contribution is 2.17. The third-order valence-corrected chi connectivity index (χ3v) is 5.74. The number of halogens is 1. The molecule has 2 amide bonds. The molecule has 2 saturated heterocycles.